The molecule has 1 fully saturated rings. The van der Waals surface area contributed by atoms with E-state index < -0.39 is 0 Å². The van der Waals surface area contributed by atoms with Gasteiger partial charge >= 0.3 is 0 Å². The van der Waals surface area contributed by atoms with Crippen molar-refractivity contribution in [2.24, 2.45) is 11.8 Å². The molecule has 10 heavy (non-hydrogen) atoms. The molecule has 1 aliphatic heterocycles. The molecule has 2 bridgehead atoms. The molecule has 0 amide bonds. The van der Waals surface area contributed by atoms with Gasteiger partial charge in [-0.2, -0.15) is 0 Å². The van der Waals surface area contributed by atoms with Crippen molar-refractivity contribution in [2.45, 2.75) is 12.8 Å². The Morgan fingerprint density at radius 1 is 1.10 bits per heavy atom. The van der Waals surface area contributed by atoms with Gasteiger partial charge in [0.1, 0.15) is 0 Å². The minimum atomic E-state index is 0.648. The van der Waals surface area contributed by atoms with Crippen molar-refractivity contribution in [1.82, 2.24) is 10.6 Å². The minimum absolute atomic E-state index is 0.648. The predicted molar refractivity (Wildman–Crippen MR) is 37.6 cm³/mol. The molecule has 0 aromatic carbocycles. The average molecular weight is 134 g/mol. The summed E-state index contributed by atoms with van der Waals surface area (Å²) in [4.78, 5) is 0. The molecule has 2 unspecified atom stereocenters. The molecule has 0 aromatic heterocycles. The molecule has 2 radical (unpaired) electrons. The van der Waals surface area contributed by atoms with Gasteiger partial charge in [-0.25, -0.2) is 0 Å². The summed E-state index contributed by atoms with van der Waals surface area (Å²) < 4.78 is 0. The van der Waals surface area contributed by atoms with Crippen molar-refractivity contribution in [2.75, 3.05) is 6.67 Å². The van der Waals surface area contributed by atoms with E-state index in [1.165, 1.54) is 24.2 Å². The van der Waals surface area contributed by atoms with Gasteiger partial charge in [-0.1, -0.05) is 0 Å². The summed E-state index contributed by atoms with van der Waals surface area (Å²) in [5.41, 5.74) is 2.88. The standard InChI is InChI=1S/C8H10N2/c1-2-6-3-5(1)7-8(6)10-4-9-7/h5-6,9-10H,1-2,4H2. The molecule has 2 N–H and O–H groups in total. The highest BCUT2D eigenvalue weighted by atomic mass is 15.2. The van der Waals surface area contributed by atoms with E-state index in [4.69, 9.17) is 0 Å². The van der Waals surface area contributed by atoms with Crippen LogP contribution in [0.3, 0.4) is 0 Å². The highest BCUT2D eigenvalue weighted by molar-refractivity contribution is 5.35. The van der Waals surface area contributed by atoms with E-state index in [2.05, 4.69) is 17.1 Å². The predicted octanol–water partition coefficient (Wildman–Crippen LogP) is 0.469. The fourth-order valence-electron chi connectivity index (χ4n) is 2.25. The van der Waals surface area contributed by atoms with Gasteiger partial charge in [0.15, 0.2) is 0 Å². The number of allylic oxidation sites excluding steroid dienone is 2. The fraction of sp³-hybridized carbons (Fsp3) is 0.625. The molecule has 2 aliphatic carbocycles. The Morgan fingerprint density at radius 3 is 2.30 bits per heavy atom. The molecular formula is C8H10N2. The molecule has 3 rings (SSSR count). The lowest BCUT2D eigenvalue weighted by molar-refractivity contribution is 0.632. The summed E-state index contributed by atoms with van der Waals surface area (Å²) in [6.45, 7) is 0.944. The van der Waals surface area contributed by atoms with Gasteiger partial charge in [0.25, 0.3) is 0 Å². The average Bonchev–Trinajstić information content (AvgIpc) is 2.60. The molecule has 3 aliphatic rings. The second-order valence-corrected chi connectivity index (χ2v) is 3.21. The first-order valence-electron chi connectivity index (χ1n) is 3.93. The number of hydrogen-bond donors (Lipinski definition) is 2. The molecule has 0 aromatic rings. The zero-order valence-electron chi connectivity index (χ0n) is 5.78. The first-order chi connectivity index (χ1) is 4.95. The molecule has 2 heteroatoms. The molecule has 52 valence electrons. The van der Waals surface area contributed by atoms with Gasteiger partial charge in [-0.3, -0.25) is 0 Å². The van der Waals surface area contributed by atoms with Crippen LogP contribution in [-0.2, 0) is 0 Å². The third kappa shape index (κ3) is 0.425. The van der Waals surface area contributed by atoms with Crippen molar-refractivity contribution in [3.8, 4) is 0 Å². The van der Waals surface area contributed by atoms with E-state index in [0.717, 1.165) is 6.67 Å². The maximum Gasteiger partial charge on any atom is 0.0845 e. The third-order valence-electron chi connectivity index (χ3n) is 2.69. The van der Waals surface area contributed by atoms with Gasteiger partial charge in [0, 0.05) is 29.7 Å². The summed E-state index contributed by atoms with van der Waals surface area (Å²) in [5.74, 6) is 1.30. The monoisotopic (exact) mass is 134 g/mol. The normalized spacial score (nSPS) is 41.6. The minimum Gasteiger partial charge on any atom is -0.370 e. The summed E-state index contributed by atoms with van der Waals surface area (Å²) in [5, 5.41) is 6.71. The van der Waals surface area contributed by atoms with Crippen LogP contribution in [0.1, 0.15) is 12.8 Å². The summed E-state index contributed by atoms with van der Waals surface area (Å²) >= 11 is 0. The van der Waals surface area contributed by atoms with Gasteiger partial charge < -0.3 is 10.6 Å². The Balaban J connectivity index is 2.06. The highest BCUT2D eigenvalue weighted by Crippen LogP contribution is 2.46. The van der Waals surface area contributed by atoms with E-state index in [-0.39, 0.29) is 0 Å². The lowest BCUT2D eigenvalue weighted by atomic mass is 10.0. The second-order valence-electron chi connectivity index (χ2n) is 3.21. The summed E-state index contributed by atoms with van der Waals surface area (Å²) in [6, 6.07) is 0. The first-order valence-corrected chi connectivity index (χ1v) is 3.93. The Morgan fingerprint density at radius 2 is 1.70 bits per heavy atom. The molecule has 1 heterocycles. The SMILES string of the molecule is [C]1C2CCC1C1=C2NCN1. The maximum absolute atomic E-state index is 3.53. The van der Waals surface area contributed by atoms with Gasteiger partial charge in [-0.05, 0) is 12.8 Å². The van der Waals surface area contributed by atoms with Crippen molar-refractivity contribution in [3.63, 3.8) is 0 Å². The van der Waals surface area contributed by atoms with Crippen molar-refractivity contribution in [3.05, 3.63) is 17.8 Å². The van der Waals surface area contributed by atoms with Crippen LogP contribution in [-0.4, -0.2) is 6.67 Å². The highest BCUT2D eigenvalue weighted by Gasteiger charge is 2.41. The van der Waals surface area contributed by atoms with Crippen LogP contribution in [0.5, 0.6) is 0 Å². The van der Waals surface area contributed by atoms with Gasteiger partial charge in [0.05, 0.1) is 6.67 Å². The van der Waals surface area contributed by atoms with E-state index in [0.29, 0.717) is 11.8 Å². The molecule has 0 saturated heterocycles. The number of fused-ring (bicyclic) bond motifs is 4. The third-order valence-corrected chi connectivity index (χ3v) is 2.69. The summed E-state index contributed by atoms with van der Waals surface area (Å²) in [6.07, 6.45) is 6.17. The second kappa shape index (κ2) is 1.49. The quantitative estimate of drug-likeness (QED) is 0.503. The Kier molecular flexibility index (Phi) is 0.755. The Bertz CT molecular complexity index is 187. The van der Waals surface area contributed by atoms with Crippen LogP contribution < -0.4 is 10.6 Å². The van der Waals surface area contributed by atoms with Crippen LogP contribution in [0.25, 0.3) is 0 Å². The van der Waals surface area contributed by atoms with Crippen molar-refractivity contribution >= 4 is 0 Å². The largest absolute Gasteiger partial charge is 0.370 e. The van der Waals surface area contributed by atoms with Crippen LogP contribution in [0.2, 0.25) is 0 Å². The van der Waals surface area contributed by atoms with Gasteiger partial charge in [-0.15, -0.1) is 0 Å². The molecule has 2 atom stereocenters. The van der Waals surface area contributed by atoms with Crippen molar-refractivity contribution < 1.29 is 0 Å². The maximum atomic E-state index is 3.53. The van der Waals surface area contributed by atoms with Crippen LogP contribution in [0.15, 0.2) is 11.4 Å². The number of nitrogens with one attached hydrogen (secondary N) is 2. The smallest absolute Gasteiger partial charge is 0.0845 e. The summed E-state index contributed by atoms with van der Waals surface area (Å²) in [7, 11) is 0. The van der Waals surface area contributed by atoms with E-state index in [1.54, 1.807) is 0 Å². The van der Waals surface area contributed by atoms with E-state index in [1.807, 2.05) is 0 Å². The molecule has 2 nitrogen and oxygen atoms in total. The Labute approximate surface area is 60.7 Å². The van der Waals surface area contributed by atoms with Gasteiger partial charge in [0.2, 0.25) is 0 Å². The van der Waals surface area contributed by atoms with Crippen molar-refractivity contribution in [1.29, 1.82) is 0 Å². The molecule has 0 spiro atoms. The fourth-order valence-corrected chi connectivity index (χ4v) is 2.25. The van der Waals surface area contributed by atoms with E-state index in [9.17, 15) is 0 Å². The van der Waals surface area contributed by atoms with Crippen LogP contribution >= 0.6 is 0 Å². The first kappa shape index (κ1) is 5.05. The zero-order chi connectivity index (χ0) is 6.55. The lowest BCUT2D eigenvalue weighted by Crippen LogP contribution is -2.19. The van der Waals surface area contributed by atoms with E-state index >= 15 is 0 Å². The Hall–Kier alpha value is -0.660. The molecule has 1 saturated carbocycles. The zero-order valence-corrected chi connectivity index (χ0v) is 5.78. The van der Waals surface area contributed by atoms with Crippen LogP contribution in [0.4, 0.5) is 0 Å². The van der Waals surface area contributed by atoms with Crippen LogP contribution in [0, 0.1) is 18.3 Å². The lowest BCUT2D eigenvalue weighted by Gasteiger charge is -2.10. The molecular weight excluding hydrogens is 124 g/mol. The number of hydrogen-bond acceptors (Lipinski definition) is 2. The number of rotatable bonds is 0. The topological polar surface area (TPSA) is 24.1 Å².